The molecule has 0 amide bonds. The minimum atomic E-state index is 0.434. The van der Waals surface area contributed by atoms with E-state index >= 15 is 0 Å². The summed E-state index contributed by atoms with van der Waals surface area (Å²) in [4.78, 5) is 4.42. The van der Waals surface area contributed by atoms with Crippen molar-refractivity contribution < 1.29 is 4.74 Å². The average molecular weight is 252 g/mol. The van der Waals surface area contributed by atoms with Crippen LogP contribution in [0.15, 0.2) is 18.2 Å². The first-order valence-electron chi connectivity index (χ1n) is 6.17. The molecule has 3 nitrogen and oxygen atoms in total. The van der Waals surface area contributed by atoms with Crippen LogP contribution in [0.2, 0.25) is 0 Å². The van der Waals surface area contributed by atoms with Gasteiger partial charge in [-0.05, 0) is 32.1 Å². The summed E-state index contributed by atoms with van der Waals surface area (Å²) in [6, 6.07) is 5.87. The number of pyridine rings is 1. The Kier molecular flexibility index (Phi) is 4.15. The van der Waals surface area contributed by atoms with Crippen LogP contribution in [0.3, 0.4) is 0 Å². The monoisotopic (exact) mass is 252 g/mol. The highest BCUT2D eigenvalue weighted by atomic mass is 32.2. The van der Waals surface area contributed by atoms with E-state index in [1.807, 2.05) is 36.9 Å². The van der Waals surface area contributed by atoms with E-state index in [1.54, 1.807) is 0 Å². The van der Waals surface area contributed by atoms with Gasteiger partial charge >= 0.3 is 0 Å². The molecule has 0 atom stereocenters. The first-order chi connectivity index (χ1) is 8.28. The molecule has 94 valence electrons. The van der Waals surface area contributed by atoms with Crippen molar-refractivity contribution in [1.82, 2.24) is 4.98 Å². The van der Waals surface area contributed by atoms with Crippen LogP contribution in [0.4, 0.5) is 5.82 Å². The zero-order valence-electron chi connectivity index (χ0n) is 10.5. The van der Waals surface area contributed by atoms with Gasteiger partial charge in [0, 0.05) is 17.4 Å². The number of ether oxygens (including phenoxy) is 1. The van der Waals surface area contributed by atoms with Gasteiger partial charge in [-0.2, -0.15) is 16.7 Å². The Bertz CT molecular complexity index is 361. The van der Waals surface area contributed by atoms with Gasteiger partial charge < -0.3 is 10.1 Å². The normalized spacial score (nSPS) is 17.3. The summed E-state index contributed by atoms with van der Waals surface area (Å²) in [5.74, 6) is 1.61. The zero-order valence-corrected chi connectivity index (χ0v) is 11.3. The second-order valence-corrected chi connectivity index (χ2v) is 5.66. The molecular weight excluding hydrogens is 232 g/mol. The summed E-state index contributed by atoms with van der Waals surface area (Å²) >= 11 is 1.97. The molecule has 1 aliphatic carbocycles. The van der Waals surface area contributed by atoms with Crippen molar-refractivity contribution in [2.75, 3.05) is 24.7 Å². The van der Waals surface area contributed by atoms with Crippen LogP contribution in [-0.4, -0.2) is 29.1 Å². The fraction of sp³-hybridized carbons (Fsp3) is 0.615. The lowest BCUT2D eigenvalue weighted by molar-refractivity contribution is 0.327. The Hall–Kier alpha value is -0.900. The van der Waals surface area contributed by atoms with Crippen LogP contribution in [-0.2, 0) is 0 Å². The lowest BCUT2D eigenvalue weighted by atomic mass is 9.84. The van der Waals surface area contributed by atoms with Crippen molar-refractivity contribution in [3.05, 3.63) is 18.2 Å². The molecule has 0 aliphatic heterocycles. The van der Waals surface area contributed by atoms with Gasteiger partial charge in [0.25, 0.3) is 0 Å². The van der Waals surface area contributed by atoms with Gasteiger partial charge in [0.2, 0.25) is 5.88 Å². The number of anilines is 1. The molecule has 0 radical (unpaired) electrons. The van der Waals surface area contributed by atoms with Gasteiger partial charge in [0.15, 0.2) is 0 Å². The van der Waals surface area contributed by atoms with Crippen LogP contribution in [0.5, 0.6) is 5.88 Å². The number of rotatable bonds is 6. The quantitative estimate of drug-likeness (QED) is 0.843. The Morgan fingerprint density at radius 1 is 1.47 bits per heavy atom. The second kappa shape index (κ2) is 5.63. The lowest BCUT2D eigenvalue weighted by Crippen LogP contribution is -2.40. The first kappa shape index (κ1) is 12.6. The van der Waals surface area contributed by atoms with Gasteiger partial charge in [-0.15, -0.1) is 0 Å². The number of hydrogen-bond donors (Lipinski definition) is 1. The minimum absolute atomic E-state index is 0.434. The third-order valence-electron chi connectivity index (χ3n) is 3.31. The number of nitrogens with one attached hydrogen (secondary N) is 1. The SMILES string of the molecule is CCOc1cccc(NCC2(SC)CCC2)n1. The Morgan fingerprint density at radius 3 is 2.88 bits per heavy atom. The molecular formula is C13H20N2OS. The van der Waals surface area contributed by atoms with E-state index in [4.69, 9.17) is 4.74 Å². The van der Waals surface area contributed by atoms with Gasteiger partial charge in [0.05, 0.1) is 6.61 Å². The van der Waals surface area contributed by atoms with Gasteiger partial charge in [-0.3, -0.25) is 0 Å². The van der Waals surface area contributed by atoms with Gasteiger partial charge in [-0.25, -0.2) is 0 Å². The van der Waals surface area contributed by atoms with Crippen molar-refractivity contribution in [2.45, 2.75) is 30.9 Å². The van der Waals surface area contributed by atoms with Crippen LogP contribution >= 0.6 is 11.8 Å². The van der Waals surface area contributed by atoms with Gasteiger partial charge in [0.1, 0.15) is 5.82 Å². The molecule has 1 fully saturated rings. The molecule has 1 N–H and O–H groups in total. The summed E-state index contributed by atoms with van der Waals surface area (Å²) in [6.45, 7) is 3.63. The fourth-order valence-corrected chi connectivity index (χ4v) is 2.93. The van der Waals surface area contributed by atoms with E-state index in [1.165, 1.54) is 19.3 Å². The van der Waals surface area contributed by atoms with Crippen LogP contribution in [0, 0.1) is 0 Å². The molecule has 1 heterocycles. The van der Waals surface area contributed by atoms with E-state index < -0.39 is 0 Å². The maximum Gasteiger partial charge on any atom is 0.215 e. The Morgan fingerprint density at radius 2 is 2.29 bits per heavy atom. The van der Waals surface area contributed by atoms with Crippen molar-refractivity contribution in [3.8, 4) is 5.88 Å². The molecule has 0 saturated heterocycles. The molecule has 1 aliphatic rings. The lowest BCUT2D eigenvalue weighted by Gasteiger charge is -2.40. The van der Waals surface area contributed by atoms with E-state index in [9.17, 15) is 0 Å². The minimum Gasteiger partial charge on any atom is -0.478 e. The van der Waals surface area contributed by atoms with Crippen molar-refractivity contribution in [3.63, 3.8) is 0 Å². The molecule has 0 unspecified atom stereocenters. The number of hydrogen-bond acceptors (Lipinski definition) is 4. The Balaban J connectivity index is 1.92. The smallest absolute Gasteiger partial charge is 0.215 e. The maximum absolute atomic E-state index is 5.39. The summed E-state index contributed by atoms with van der Waals surface area (Å²) in [5, 5.41) is 3.43. The molecule has 1 aromatic heterocycles. The number of aromatic nitrogens is 1. The fourth-order valence-electron chi connectivity index (χ4n) is 2.02. The van der Waals surface area contributed by atoms with E-state index in [0.29, 0.717) is 17.2 Å². The second-order valence-electron chi connectivity index (χ2n) is 4.39. The molecule has 0 bridgehead atoms. The molecule has 1 aromatic rings. The zero-order chi connectivity index (χ0) is 12.1. The topological polar surface area (TPSA) is 34.1 Å². The average Bonchev–Trinajstić information content (AvgIpc) is 2.29. The highest BCUT2D eigenvalue weighted by Crippen LogP contribution is 2.42. The van der Waals surface area contributed by atoms with Crippen LogP contribution in [0.25, 0.3) is 0 Å². The predicted molar refractivity (Wildman–Crippen MR) is 74.0 cm³/mol. The van der Waals surface area contributed by atoms with Crippen LogP contribution in [0.1, 0.15) is 26.2 Å². The van der Waals surface area contributed by atoms with E-state index in [-0.39, 0.29) is 0 Å². The Labute approximate surface area is 107 Å². The first-order valence-corrected chi connectivity index (χ1v) is 7.39. The van der Waals surface area contributed by atoms with Crippen molar-refractivity contribution in [2.24, 2.45) is 0 Å². The summed E-state index contributed by atoms with van der Waals surface area (Å²) in [7, 11) is 0. The number of nitrogens with zero attached hydrogens (tertiary/aromatic N) is 1. The van der Waals surface area contributed by atoms with Crippen LogP contribution < -0.4 is 10.1 Å². The van der Waals surface area contributed by atoms with E-state index in [0.717, 1.165) is 12.4 Å². The van der Waals surface area contributed by atoms with Gasteiger partial charge in [-0.1, -0.05) is 12.5 Å². The highest BCUT2D eigenvalue weighted by Gasteiger charge is 2.35. The summed E-state index contributed by atoms with van der Waals surface area (Å²) in [5.41, 5.74) is 0. The van der Waals surface area contributed by atoms with E-state index in [2.05, 4.69) is 16.6 Å². The molecule has 17 heavy (non-hydrogen) atoms. The molecule has 1 saturated carbocycles. The molecule has 4 heteroatoms. The summed E-state index contributed by atoms with van der Waals surface area (Å²) in [6.07, 6.45) is 6.18. The van der Waals surface area contributed by atoms with Crippen molar-refractivity contribution >= 4 is 17.6 Å². The predicted octanol–water partition coefficient (Wildman–Crippen LogP) is 3.18. The standard InChI is InChI=1S/C13H20N2OS/c1-3-16-12-7-4-6-11(15-12)14-10-13(17-2)8-5-9-13/h4,6-7H,3,5,8-10H2,1-2H3,(H,14,15). The molecule has 0 spiro atoms. The maximum atomic E-state index is 5.39. The third-order valence-corrected chi connectivity index (χ3v) is 4.72. The summed E-state index contributed by atoms with van der Waals surface area (Å²) < 4.78 is 5.82. The largest absolute Gasteiger partial charge is 0.478 e. The highest BCUT2D eigenvalue weighted by molar-refractivity contribution is 8.00. The number of thioether (sulfide) groups is 1. The molecule has 2 rings (SSSR count). The van der Waals surface area contributed by atoms with Crippen molar-refractivity contribution in [1.29, 1.82) is 0 Å². The molecule has 0 aromatic carbocycles. The third kappa shape index (κ3) is 3.06.